The maximum atomic E-state index is 10.1. The Hall–Kier alpha value is -0.370. The van der Waals surface area contributed by atoms with Crippen LogP contribution in [0.3, 0.4) is 0 Å². The molecule has 1 N–H and O–H groups in total. The quantitative estimate of drug-likeness (QED) is 0.474. The van der Waals surface area contributed by atoms with Crippen molar-refractivity contribution in [1.29, 1.82) is 0 Å². The standard InChI is InChI=1S/C6H9NO/c8-3-5-4-1-2-7-6(4)5/h3-7H,1-2H2/t4-,5?,6-/m1/s1. The minimum Gasteiger partial charge on any atom is -0.313 e. The summed E-state index contributed by atoms with van der Waals surface area (Å²) in [4.78, 5) is 10.1. The zero-order valence-corrected chi connectivity index (χ0v) is 4.63. The molecule has 1 aliphatic carbocycles. The molecule has 0 aromatic carbocycles. The van der Waals surface area contributed by atoms with Crippen LogP contribution in [0, 0.1) is 11.8 Å². The first-order valence-corrected chi connectivity index (χ1v) is 3.12. The molecular formula is C6H9NO. The second kappa shape index (κ2) is 1.32. The molecule has 0 spiro atoms. The number of hydrogen-bond acceptors (Lipinski definition) is 2. The van der Waals surface area contributed by atoms with Crippen molar-refractivity contribution in [1.82, 2.24) is 5.32 Å². The van der Waals surface area contributed by atoms with Crippen molar-refractivity contribution in [2.75, 3.05) is 6.54 Å². The van der Waals surface area contributed by atoms with E-state index in [1.54, 1.807) is 0 Å². The van der Waals surface area contributed by atoms with E-state index in [2.05, 4.69) is 5.32 Å². The van der Waals surface area contributed by atoms with Gasteiger partial charge in [0.1, 0.15) is 6.29 Å². The number of hydrogen-bond donors (Lipinski definition) is 1. The lowest BCUT2D eigenvalue weighted by atomic mass is 10.2. The van der Waals surface area contributed by atoms with Crippen molar-refractivity contribution < 1.29 is 4.79 Å². The van der Waals surface area contributed by atoms with E-state index < -0.39 is 0 Å². The molecule has 2 fully saturated rings. The fraction of sp³-hybridized carbons (Fsp3) is 0.833. The minimum atomic E-state index is 0.378. The SMILES string of the molecule is O=CC1[C@H]2CCN[C@@H]12. The second-order valence-electron chi connectivity index (χ2n) is 2.65. The third-order valence-corrected chi connectivity index (χ3v) is 2.24. The van der Waals surface area contributed by atoms with Crippen LogP contribution in [-0.2, 0) is 4.79 Å². The van der Waals surface area contributed by atoms with Gasteiger partial charge < -0.3 is 10.1 Å². The van der Waals surface area contributed by atoms with Crippen LogP contribution in [0.25, 0.3) is 0 Å². The van der Waals surface area contributed by atoms with Gasteiger partial charge in [0.15, 0.2) is 0 Å². The number of fused-ring (bicyclic) bond motifs is 1. The van der Waals surface area contributed by atoms with Gasteiger partial charge in [0.2, 0.25) is 0 Å². The fourth-order valence-electron chi connectivity index (χ4n) is 1.66. The molecule has 3 atom stereocenters. The molecule has 2 heteroatoms. The summed E-state index contributed by atoms with van der Waals surface area (Å²) in [6, 6.07) is 0.576. The monoisotopic (exact) mass is 111 g/mol. The molecule has 1 heterocycles. The molecule has 2 nitrogen and oxygen atoms in total. The molecule has 0 aromatic rings. The smallest absolute Gasteiger partial charge is 0.124 e. The van der Waals surface area contributed by atoms with E-state index in [0.29, 0.717) is 17.9 Å². The maximum Gasteiger partial charge on any atom is 0.124 e. The highest BCUT2D eigenvalue weighted by Crippen LogP contribution is 2.43. The average molecular weight is 111 g/mol. The van der Waals surface area contributed by atoms with Gasteiger partial charge in [-0.2, -0.15) is 0 Å². The van der Waals surface area contributed by atoms with Crippen LogP contribution in [0.5, 0.6) is 0 Å². The van der Waals surface area contributed by atoms with E-state index in [4.69, 9.17) is 0 Å². The molecule has 1 aliphatic heterocycles. The van der Waals surface area contributed by atoms with Gasteiger partial charge in [-0.1, -0.05) is 0 Å². The van der Waals surface area contributed by atoms with E-state index in [1.165, 1.54) is 6.42 Å². The van der Waals surface area contributed by atoms with Crippen LogP contribution >= 0.6 is 0 Å². The van der Waals surface area contributed by atoms with Crippen molar-refractivity contribution >= 4 is 6.29 Å². The Morgan fingerprint density at radius 2 is 2.50 bits per heavy atom. The molecule has 0 aromatic heterocycles. The summed E-state index contributed by atoms with van der Waals surface area (Å²) in [5, 5.41) is 3.26. The van der Waals surface area contributed by atoms with E-state index in [-0.39, 0.29) is 0 Å². The average Bonchev–Trinajstić information content (AvgIpc) is 2.22. The van der Waals surface area contributed by atoms with Gasteiger partial charge in [0.05, 0.1) is 0 Å². The Morgan fingerprint density at radius 3 is 2.88 bits per heavy atom. The van der Waals surface area contributed by atoms with E-state index in [0.717, 1.165) is 12.8 Å². The van der Waals surface area contributed by atoms with Gasteiger partial charge in [0, 0.05) is 12.0 Å². The number of aldehydes is 1. The van der Waals surface area contributed by atoms with Crippen LogP contribution in [0.1, 0.15) is 6.42 Å². The topological polar surface area (TPSA) is 29.1 Å². The highest BCUT2D eigenvalue weighted by molar-refractivity contribution is 5.61. The van der Waals surface area contributed by atoms with Crippen molar-refractivity contribution in [3.05, 3.63) is 0 Å². The lowest BCUT2D eigenvalue weighted by molar-refractivity contribution is -0.109. The Morgan fingerprint density at radius 1 is 1.62 bits per heavy atom. The number of carbonyl (C=O) groups is 1. The van der Waals surface area contributed by atoms with Crippen molar-refractivity contribution in [3.63, 3.8) is 0 Å². The van der Waals surface area contributed by atoms with E-state index in [9.17, 15) is 4.79 Å². The van der Waals surface area contributed by atoms with Crippen LogP contribution < -0.4 is 5.32 Å². The highest BCUT2D eigenvalue weighted by Gasteiger charge is 2.52. The van der Waals surface area contributed by atoms with Gasteiger partial charge in [-0.05, 0) is 18.9 Å². The van der Waals surface area contributed by atoms with Gasteiger partial charge in [-0.3, -0.25) is 0 Å². The molecule has 1 saturated heterocycles. The molecule has 1 saturated carbocycles. The van der Waals surface area contributed by atoms with Gasteiger partial charge in [0.25, 0.3) is 0 Å². The molecule has 2 rings (SSSR count). The first-order chi connectivity index (χ1) is 3.93. The lowest BCUT2D eigenvalue weighted by Crippen LogP contribution is -2.15. The second-order valence-corrected chi connectivity index (χ2v) is 2.65. The molecule has 0 amide bonds. The number of rotatable bonds is 1. The summed E-state index contributed by atoms with van der Waals surface area (Å²) in [5.41, 5.74) is 0. The summed E-state index contributed by atoms with van der Waals surface area (Å²) in [6.07, 6.45) is 2.30. The Kier molecular flexibility index (Phi) is 0.742. The summed E-state index contributed by atoms with van der Waals surface area (Å²) >= 11 is 0. The predicted molar refractivity (Wildman–Crippen MR) is 29.5 cm³/mol. The molecule has 2 aliphatic rings. The summed E-state index contributed by atoms with van der Waals surface area (Å²) in [5.74, 6) is 1.09. The van der Waals surface area contributed by atoms with Gasteiger partial charge in [-0.15, -0.1) is 0 Å². The van der Waals surface area contributed by atoms with Crippen LogP contribution in [-0.4, -0.2) is 18.9 Å². The zero-order chi connectivity index (χ0) is 5.56. The largest absolute Gasteiger partial charge is 0.313 e. The molecule has 0 radical (unpaired) electrons. The Labute approximate surface area is 48.3 Å². The molecule has 1 unspecified atom stereocenters. The van der Waals surface area contributed by atoms with E-state index in [1.807, 2.05) is 0 Å². The molecule has 0 bridgehead atoms. The number of piperidine rings is 1. The fourth-order valence-corrected chi connectivity index (χ4v) is 1.66. The van der Waals surface area contributed by atoms with Crippen LogP contribution in [0.15, 0.2) is 0 Å². The van der Waals surface area contributed by atoms with E-state index >= 15 is 0 Å². The van der Waals surface area contributed by atoms with Crippen LogP contribution in [0.2, 0.25) is 0 Å². The predicted octanol–water partition coefficient (Wildman–Crippen LogP) is -0.207. The number of nitrogens with one attached hydrogen (secondary N) is 1. The van der Waals surface area contributed by atoms with Gasteiger partial charge >= 0.3 is 0 Å². The van der Waals surface area contributed by atoms with Crippen molar-refractivity contribution in [2.45, 2.75) is 12.5 Å². The molecule has 44 valence electrons. The van der Waals surface area contributed by atoms with Crippen LogP contribution in [0.4, 0.5) is 0 Å². The summed E-state index contributed by atoms with van der Waals surface area (Å²) in [6.45, 7) is 1.12. The molecular weight excluding hydrogens is 102 g/mol. The highest BCUT2D eigenvalue weighted by atomic mass is 16.1. The summed E-state index contributed by atoms with van der Waals surface area (Å²) in [7, 11) is 0. The third kappa shape index (κ3) is 0.388. The summed E-state index contributed by atoms with van der Waals surface area (Å²) < 4.78 is 0. The Balaban J connectivity index is 2.03. The lowest BCUT2D eigenvalue weighted by Gasteiger charge is -1.92. The van der Waals surface area contributed by atoms with Crippen molar-refractivity contribution in [2.24, 2.45) is 11.8 Å². The van der Waals surface area contributed by atoms with Gasteiger partial charge in [-0.25, -0.2) is 0 Å². The maximum absolute atomic E-state index is 10.1. The third-order valence-electron chi connectivity index (χ3n) is 2.24. The molecule has 8 heavy (non-hydrogen) atoms. The Bertz CT molecular complexity index is 114. The normalized spacial score (nSPS) is 50.8. The minimum absolute atomic E-state index is 0.378. The zero-order valence-electron chi connectivity index (χ0n) is 4.63. The number of carbonyl (C=O) groups excluding carboxylic acids is 1. The van der Waals surface area contributed by atoms with Crippen molar-refractivity contribution in [3.8, 4) is 0 Å². The first kappa shape index (κ1) is 4.50. The first-order valence-electron chi connectivity index (χ1n) is 3.12.